The molecule has 1 heterocycles. The largest absolute Gasteiger partial charge is 0.381 e. The molecule has 25 heavy (non-hydrogen) atoms. The van der Waals surface area contributed by atoms with Crippen LogP contribution < -0.4 is 10.2 Å². The van der Waals surface area contributed by atoms with Gasteiger partial charge in [-0.2, -0.15) is 5.26 Å². The van der Waals surface area contributed by atoms with Crippen molar-refractivity contribution in [2.45, 2.75) is 19.4 Å². The highest BCUT2D eigenvalue weighted by Gasteiger charge is 2.21. The van der Waals surface area contributed by atoms with Crippen LogP contribution in [0.25, 0.3) is 0 Å². The zero-order valence-corrected chi connectivity index (χ0v) is 13.4. The minimum Gasteiger partial charge on any atom is -0.381 e. The van der Waals surface area contributed by atoms with Gasteiger partial charge in [0.1, 0.15) is 11.6 Å². The molecule has 0 spiro atoms. The van der Waals surface area contributed by atoms with E-state index in [-0.39, 0.29) is 17.2 Å². The first-order chi connectivity index (χ1) is 12.1. The van der Waals surface area contributed by atoms with E-state index in [2.05, 4.69) is 5.32 Å². The van der Waals surface area contributed by atoms with Gasteiger partial charge in [0.15, 0.2) is 0 Å². The average Bonchev–Trinajstić information content (AvgIpc) is 3.05. The predicted octanol–water partition coefficient (Wildman–Crippen LogP) is 3.21. The second-order valence-electron chi connectivity index (χ2n) is 5.77. The van der Waals surface area contributed by atoms with Gasteiger partial charge in [-0.1, -0.05) is 12.1 Å². The van der Waals surface area contributed by atoms with Crippen molar-refractivity contribution in [3.05, 3.63) is 63.7 Å². The second kappa shape index (κ2) is 7.01. The molecule has 126 valence electrons. The number of hydrogen-bond donors (Lipinski definition) is 1. The number of rotatable bonds is 5. The van der Waals surface area contributed by atoms with Gasteiger partial charge in [-0.3, -0.25) is 14.9 Å². The third kappa shape index (κ3) is 3.58. The van der Waals surface area contributed by atoms with E-state index in [1.165, 1.54) is 12.1 Å². The fourth-order valence-electron chi connectivity index (χ4n) is 2.85. The fraction of sp³-hybridized carbons (Fsp3) is 0.222. The first kappa shape index (κ1) is 16.5. The number of hydrogen-bond acceptors (Lipinski definition) is 5. The van der Waals surface area contributed by atoms with E-state index in [1.54, 1.807) is 11.0 Å². The highest BCUT2D eigenvalue weighted by Crippen LogP contribution is 2.24. The van der Waals surface area contributed by atoms with E-state index in [4.69, 9.17) is 5.26 Å². The summed E-state index contributed by atoms with van der Waals surface area (Å²) in [5.41, 5.74) is 2.30. The Balaban J connectivity index is 1.73. The zero-order chi connectivity index (χ0) is 17.8. The van der Waals surface area contributed by atoms with Crippen LogP contribution in [0, 0.1) is 21.4 Å². The normalized spacial score (nSPS) is 13.6. The number of nitrogens with one attached hydrogen (secondary N) is 1. The zero-order valence-electron chi connectivity index (χ0n) is 13.4. The van der Waals surface area contributed by atoms with E-state index in [0.717, 1.165) is 24.2 Å². The first-order valence-electron chi connectivity index (χ1n) is 7.90. The molecule has 0 saturated carbocycles. The predicted molar refractivity (Wildman–Crippen MR) is 93.2 cm³/mol. The van der Waals surface area contributed by atoms with Gasteiger partial charge in [0.25, 0.3) is 5.69 Å². The maximum Gasteiger partial charge on any atom is 0.287 e. The summed E-state index contributed by atoms with van der Waals surface area (Å²) in [6.45, 7) is 1.22. The Hall–Kier alpha value is -3.40. The maximum atomic E-state index is 11.8. The Bertz CT molecular complexity index is 873. The number of nitro benzene ring substituents is 1. The van der Waals surface area contributed by atoms with Crippen LogP contribution in [0.15, 0.2) is 42.5 Å². The molecule has 1 fully saturated rings. The van der Waals surface area contributed by atoms with E-state index in [0.29, 0.717) is 18.7 Å². The van der Waals surface area contributed by atoms with E-state index >= 15 is 0 Å². The van der Waals surface area contributed by atoms with Gasteiger partial charge in [-0.15, -0.1) is 0 Å². The van der Waals surface area contributed by atoms with Crippen LogP contribution in [0.3, 0.4) is 0 Å². The molecule has 0 aromatic heterocycles. The highest BCUT2D eigenvalue weighted by molar-refractivity contribution is 5.95. The van der Waals surface area contributed by atoms with Crippen molar-refractivity contribution in [1.29, 1.82) is 5.26 Å². The number of amides is 1. The fourth-order valence-corrected chi connectivity index (χ4v) is 2.85. The number of nitro groups is 1. The van der Waals surface area contributed by atoms with Crippen LogP contribution in [-0.4, -0.2) is 17.4 Å². The number of carbonyl (C=O) groups is 1. The van der Waals surface area contributed by atoms with Gasteiger partial charge in [0.05, 0.1) is 4.92 Å². The summed E-state index contributed by atoms with van der Waals surface area (Å²) in [6, 6.07) is 13.9. The number of nitriles is 1. The lowest BCUT2D eigenvalue weighted by atomic mass is 10.1. The molecule has 1 amide bonds. The first-order valence-corrected chi connectivity index (χ1v) is 7.90. The second-order valence-corrected chi connectivity index (χ2v) is 5.77. The maximum absolute atomic E-state index is 11.8. The quantitative estimate of drug-likeness (QED) is 0.667. The van der Waals surface area contributed by atoms with Crippen molar-refractivity contribution >= 4 is 23.0 Å². The van der Waals surface area contributed by atoms with E-state index < -0.39 is 4.92 Å². The van der Waals surface area contributed by atoms with Gasteiger partial charge >= 0.3 is 0 Å². The van der Waals surface area contributed by atoms with Crippen LogP contribution in [0.4, 0.5) is 17.1 Å². The summed E-state index contributed by atoms with van der Waals surface area (Å²) >= 11 is 0. The Morgan fingerprint density at radius 2 is 2.12 bits per heavy atom. The minimum absolute atomic E-state index is 0.0198. The van der Waals surface area contributed by atoms with E-state index in [9.17, 15) is 14.9 Å². The van der Waals surface area contributed by atoms with Crippen LogP contribution in [-0.2, 0) is 11.3 Å². The van der Waals surface area contributed by atoms with Crippen molar-refractivity contribution in [2.24, 2.45) is 0 Å². The van der Waals surface area contributed by atoms with Crippen LogP contribution >= 0.6 is 0 Å². The topological polar surface area (TPSA) is 99.3 Å². The van der Waals surface area contributed by atoms with Crippen molar-refractivity contribution < 1.29 is 9.72 Å². The molecule has 7 nitrogen and oxygen atoms in total. The van der Waals surface area contributed by atoms with Gasteiger partial charge in [0.2, 0.25) is 5.91 Å². The summed E-state index contributed by atoms with van der Waals surface area (Å²) in [7, 11) is 0. The molecule has 0 bridgehead atoms. The van der Waals surface area contributed by atoms with Crippen molar-refractivity contribution in [2.75, 3.05) is 16.8 Å². The van der Waals surface area contributed by atoms with Gasteiger partial charge < -0.3 is 10.2 Å². The number of carbonyl (C=O) groups excluding carboxylic acids is 1. The smallest absolute Gasteiger partial charge is 0.287 e. The van der Waals surface area contributed by atoms with Gasteiger partial charge in [0, 0.05) is 37.0 Å². The summed E-state index contributed by atoms with van der Waals surface area (Å²) < 4.78 is 0. The molecule has 0 atom stereocenters. The lowest BCUT2D eigenvalue weighted by Gasteiger charge is -2.17. The third-order valence-electron chi connectivity index (χ3n) is 4.11. The summed E-state index contributed by atoms with van der Waals surface area (Å²) in [4.78, 5) is 23.9. The molecule has 0 unspecified atom stereocenters. The Morgan fingerprint density at radius 1 is 1.28 bits per heavy atom. The van der Waals surface area contributed by atoms with Gasteiger partial charge in [-0.25, -0.2) is 0 Å². The minimum atomic E-state index is -0.571. The molecule has 1 saturated heterocycles. The van der Waals surface area contributed by atoms with Crippen molar-refractivity contribution in [3.8, 4) is 6.07 Å². The lowest BCUT2D eigenvalue weighted by Crippen LogP contribution is -2.23. The molecule has 2 aromatic carbocycles. The summed E-state index contributed by atoms with van der Waals surface area (Å²) in [6.07, 6.45) is 1.46. The monoisotopic (exact) mass is 336 g/mol. The van der Waals surface area contributed by atoms with Crippen LogP contribution in [0.2, 0.25) is 0 Å². The van der Waals surface area contributed by atoms with Gasteiger partial charge in [-0.05, 0) is 36.2 Å². The lowest BCUT2D eigenvalue weighted by molar-refractivity contribution is -0.385. The molecule has 1 aliphatic heterocycles. The molecule has 0 aliphatic carbocycles. The number of benzene rings is 2. The molecule has 2 aromatic rings. The number of anilines is 2. The molecular formula is C18H16N4O3. The van der Waals surface area contributed by atoms with Crippen LogP contribution in [0.5, 0.6) is 0 Å². The van der Waals surface area contributed by atoms with Crippen molar-refractivity contribution in [1.82, 2.24) is 0 Å². The Labute approximate surface area is 144 Å². The van der Waals surface area contributed by atoms with Crippen LogP contribution in [0.1, 0.15) is 24.0 Å². The highest BCUT2D eigenvalue weighted by atomic mass is 16.6. The standard InChI is InChI=1S/C18H16N4O3/c19-11-14-10-15(6-7-17(14)22(24)25)20-12-13-3-1-4-16(9-13)21-8-2-5-18(21)23/h1,3-4,6-7,9-10,20H,2,5,8,12H2. The number of nitrogens with zero attached hydrogens (tertiary/aromatic N) is 3. The molecule has 3 rings (SSSR count). The Kier molecular flexibility index (Phi) is 4.61. The molecule has 1 aliphatic rings. The molecule has 7 heteroatoms. The summed E-state index contributed by atoms with van der Waals surface area (Å²) in [5.74, 6) is 0.138. The third-order valence-corrected chi connectivity index (χ3v) is 4.11. The SMILES string of the molecule is N#Cc1cc(NCc2cccc(N3CCCC3=O)c2)ccc1[N+](=O)[O-]. The summed E-state index contributed by atoms with van der Waals surface area (Å²) in [5, 5.41) is 23.1. The average molecular weight is 336 g/mol. The van der Waals surface area contributed by atoms with E-state index in [1.807, 2.05) is 30.3 Å². The van der Waals surface area contributed by atoms with Crippen molar-refractivity contribution in [3.63, 3.8) is 0 Å². The molecule has 0 radical (unpaired) electrons. The molecular weight excluding hydrogens is 320 g/mol. The molecule has 1 N–H and O–H groups in total. The Morgan fingerprint density at radius 3 is 2.80 bits per heavy atom.